The first-order valence-electron chi connectivity index (χ1n) is 8.30. The molecule has 1 fully saturated rings. The molecule has 1 aliphatic rings. The van der Waals surface area contributed by atoms with Crippen LogP contribution in [0.1, 0.15) is 6.23 Å². The normalized spacial score (nSPS) is 29.2. The van der Waals surface area contributed by atoms with Crippen LogP contribution in [0.5, 0.6) is 0 Å². The Labute approximate surface area is 148 Å². The molecule has 8 nitrogen and oxygen atoms in total. The van der Waals surface area contributed by atoms with Gasteiger partial charge in [-0.1, -0.05) is 41.6 Å². The number of rotatable bonds is 3. The molecule has 4 rings (SSSR count). The molecule has 2 heterocycles. The van der Waals surface area contributed by atoms with Crippen LogP contribution < -0.4 is 0 Å². The van der Waals surface area contributed by atoms with Crippen LogP contribution in [0.25, 0.3) is 22.0 Å². The lowest BCUT2D eigenvalue weighted by Gasteiger charge is -2.39. The molecule has 4 N–H and O–H groups in total. The molecular formula is C18H19N3O5. The summed E-state index contributed by atoms with van der Waals surface area (Å²) in [6, 6.07) is 13.8. The van der Waals surface area contributed by atoms with Gasteiger partial charge in [-0.3, -0.25) is 0 Å². The molecule has 0 bridgehead atoms. The van der Waals surface area contributed by atoms with Crippen molar-refractivity contribution in [1.29, 1.82) is 0 Å². The maximum absolute atomic E-state index is 10.2. The number of aliphatic hydroxyl groups excluding tert-OH is 4. The number of benzene rings is 2. The molecule has 26 heavy (non-hydrogen) atoms. The molecule has 0 saturated carbocycles. The van der Waals surface area contributed by atoms with Crippen molar-refractivity contribution >= 4 is 10.8 Å². The first-order chi connectivity index (χ1) is 12.6. The molecule has 8 heteroatoms. The molecule has 1 aromatic heterocycles. The van der Waals surface area contributed by atoms with E-state index in [0.29, 0.717) is 5.69 Å². The molecule has 2 aromatic carbocycles. The lowest BCUT2D eigenvalue weighted by molar-refractivity contribution is -0.254. The number of hydrogen-bond donors (Lipinski definition) is 4. The monoisotopic (exact) mass is 357 g/mol. The quantitative estimate of drug-likeness (QED) is 0.523. The number of hydrogen-bond acceptors (Lipinski definition) is 7. The van der Waals surface area contributed by atoms with Gasteiger partial charge in [0.25, 0.3) is 0 Å². The summed E-state index contributed by atoms with van der Waals surface area (Å²) in [5, 5.41) is 49.5. The van der Waals surface area contributed by atoms with Gasteiger partial charge in [-0.2, -0.15) is 0 Å². The molecule has 1 aliphatic heterocycles. The van der Waals surface area contributed by atoms with Crippen LogP contribution in [0.3, 0.4) is 0 Å². The minimum absolute atomic E-state index is 0.492. The molecule has 0 amide bonds. The van der Waals surface area contributed by atoms with Crippen molar-refractivity contribution in [3.05, 3.63) is 48.7 Å². The Morgan fingerprint density at radius 3 is 2.50 bits per heavy atom. The summed E-state index contributed by atoms with van der Waals surface area (Å²) in [5.41, 5.74) is 1.42. The predicted molar refractivity (Wildman–Crippen MR) is 92.0 cm³/mol. The average Bonchev–Trinajstić information content (AvgIpc) is 3.16. The van der Waals surface area contributed by atoms with Crippen molar-refractivity contribution in [2.45, 2.75) is 30.6 Å². The van der Waals surface area contributed by atoms with E-state index in [2.05, 4.69) is 10.3 Å². The highest BCUT2D eigenvalue weighted by Gasteiger charge is 2.44. The van der Waals surface area contributed by atoms with Gasteiger partial charge in [-0.05, 0) is 16.8 Å². The molecule has 0 unspecified atom stereocenters. The zero-order valence-corrected chi connectivity index (χ0v) is 13.8. The van der Waals surface area contributed by atoms with Gasteiger partial charge < -0.3 is 25.2 Å². The molecular weight excluding hydrogens is 338 g/mol. The van der Waals surface area contributed by atoms with Crippen molar-refractivity contribution in [3.63, 3.8) is 0 Å². The van der Waals surface area contributed by atoms with E-state index in [-0.39, 0.29) is 0 Å². The number of nitrogens with zero attached hydrogens (tertiary/aromatic N) is 3. The van der Waals surface area contributed by atoms with E-state index >= 15 is 0 Å². The summed E-state index contributed by atoms with van der Waals surface area (Å²) < 4.78 is 6.77. The minimum atomic E-state index is -1.46. The summed E-state index contributed by atoms with van der Waals surface area (Å²) in [7, 11) is 0. The standard InChI is InChI=1S/C18H19N3O5/c22-9-14-15(23)16(24)17(25)18(26-14)21-8-13(19-20-21)12-6-5-10-3-1-2-4-11(10)7-12/h1-8,14-18,22-25H,9H2/t14-,15-,16+,17-,18-/m1/s1. The maximum atomic E-state index is 10.2. The lowest BCUT2D eigenvalue weighted by Crippen LogP contribution is -2.56. The summed E-state index contributed by atoms with van der Waals surface area (Å²) in [6.45, 7) is -0.492. The van der Waals surface area contributed by atoms with Gasteiger partial charge in [0.1, 0.15) is 30.1 Å². The van der Waals surface area contributed by atoms with Crippen molar-refractivity contribution in [3.8, 4) is 11.3 Å². The van der Waals surface area contributed by atoms with Crippen molar-refractivity contribution < 1.29 is 25.2 Å². The fourth-order valence-corrected chi connectivity index (χ4v) is 3.18. The van der Waals surface area contributed by atoms with E-state index in [1.165, 1.54) is 4.68 Å². The molecule has 5 atom stereocenters. The zero-order valence-electron chi connectivity index (χ0n) is 13.8. The minimum Gasteiger partial charge on any atom is -0.394 e. The number of ether oxygens (including phenoxy) is 1. The Kier molecular flexibility index (Phi) is 4.43. The first kappa shape index (κ1) is 17.1. The molecule has 0 aliphatic carbocycles. The highest BCUT2D eigenvalue weighted by atomic mass is 16.6. The van der Waals surface area contributed by atoms with Crippen LogP contribution in [0.4, 0.5) is 0 Å². The Bertz CT molecular complexity index is 912. The van der Waals surface area contributed by atoms with E-state index in [1.54, 1.807) is 6.20 Å². The van der Waals surface area contributed by atoms with Gasteiger partial charge in [-0.25, -0.2) is 4.68 Å². The van der Waals surface area contributed by atoms with Crippen molar-refractivity contribution in [2.24, 2.45) is 0 Å². The van der Waals surface area contributed by atoms with Gasteiger partial charge in [0.15, 0.2) is 6.23 Å². The fourth-order valence-electron chi connectivity index (χ4n) is 3.18. The topological polar surface area (TPSA) is 121 Å². The summed E-state index contributed by atoms with van der Waals surface area (Å²) >= 11 is 0. The molecule has 3 aromatic rings. The second-order valence-electron chi connectivity index (χ2n) is 6.37. The Hall–Kier alpha value is -2.36. The van der Waals surface area contributed by atoms with Crippen LogP contribution in [-0.2, 0) is 4.74 Å². The van der Waals surface area contributed by atoms with Crippen LogP contribution in [0.15, 0.2) is 48.7 Å². The van der Waals surface area contributed by atoms with E-state index in [4.69, 9.17) is 4.74 Å². The van der Waals surface area contributed by atoms with Crippen molar-refractivity contribution in [1.82, 2.24) is 15.0 Å². The number of fused-ring (bicyclic) bond motifs is 1. The SMILES string of the molecule is OC[C@H]1O[C@@H](n2cc(-c3ccc4ccccc4c3)nn2)[C@H](O)[C@@H](O)[C@@H]1O. The highest BCUT2D eigenvalue weighted by Crippen LogP contribution is 2.29. The Morgan fingerprint density at radius 1 is 0.962 bits per heavy atom. The average molecular weight is 357 g/mol. The molecule has 1 saturated heterocycles. The van der Waals surface area contributed by atoms with Gasteiger partial charge >= 0.3 is 0 Å². The van der Waals surface area contributed by atoms with Crippen LogP contribution in [-0.4, -0.2) is 66.4 Å². The Morgan fingerprint density at radius 2 is 1.73 bits per heavy atom. The largest absolute Gasteiger partial charge is 0.394 e. The van der Waals surface area contributed by atoms with Crippen LogP contribution >= 0.6 is 0 Å². The van der Waals surface area contributed by atoms with Crippen LogP contribution in [0.2, 0.25) is 0 Å². The van der Waals surface area contributed by atoms with Crippen LogP contribution in [0, 0.1) is 0 Å². The number of aromatic nitrogens is 3. The first-order valence-corrected chi connectivity index (χ1v) is 8.30. The van der Waals surface area contributed by atoms with E-state index in [0.717, 1.165) is 16.3 Å². The van der Waals surface area contributed by atoms with E-state index < -0.39 is 37.3 Å². The van der Waals surface area contributed by atoms with E-state index in [1.807, 2.05) is 42.5 Å². The molecule has 0 spiro atoms. The summed E-state index contributed by atoms with van der Waals surface area (Å²) in [4.78, 5) is 0. The zero-order chi connectivity index (χ0) is 18.3. The van der Waals surface area contributed by atoms with Gasteiger partial charge in [0.2, 0.25) is 0 Å². The summed E-state index contributed by atoms with van der Waals surface area (Å²) in [6.07, 6.45) is -4.73. The lowest BCUT2D eigenvalue weighted by atomic mass is 9.98. The molecule has 0 radical (unpaired) electrons. The maximum Gasteiger partial charge on any atom is 0.180 e. The number of aliphatic hydroxyl groups is 4. The third-order valence-electron chi connectivity index (χ3n) is 4.68. The van der Waals surface area contributed by atoms with Gasteiger partial charge in [-0.15, -0.1) is 5.10 Å². The molecule has 136 valence electrons. The van der Waals surface area contributed by atoms with E-state index in [9.17, 15) is 20.4 Å². The highest BCUT2D eigenvalue weighted by molar-refractivity contribution is 5.86. The second-order valence-corrected chi connectivity index (χ2v) is 6.37. The smallest absolute Gasteiger partial charge is 0.180 e. The summed E-state index contributed by atoms with van der Waals surface area (Å²) in [5.74, 6) is 0. The predicted octanol–water partition coefficient (Wildman–Crippen LogP) is 0.0707. The fraction of sp³-hybridized carbons (Fsp3) is 0.333. The third kappa shape index (κ3) is 2.87. The second kappa shape index (κ2) is 6.75. The third-order valence-corrected chi connectivity index (χ3v) is 4.68. The Balaban J connectivity index is 1.64. The van der Waals surface area contributed by atoms with Gasteiger partial charge in [0.05, 0.1) is 12.8 Å². The van der Waals surface area contributed by atoms with Crippen molar-refractivity contribution in [2.75, 3.05) is 6.61 Å². The van der Waals surface area contributed by atoms with Gasteiger partial charge in [0, 0.05) is 5.56 Å².